The molecular formula is C16H15BrN2S. The Morgan fingerprint density at radius 3 is 2.75 bits per heavy atom. The van der Waals surface area contributed by atoms with Crippen LogP contribution in [0.4, 0.5) is 5.69 Å². The van der Waals surface area contributed by atoms with Gasteiger partial charge in [-0.05, 0) is 40.0 Å². The molecule has 0 aromatic heterocycles. The summed E-state index contributed by atoms with van der Waals surface area (Å²) in [5.41, 5.74) is 3.63. The van der Waals surface area contributed by atoms with Crippen molar-refractivity contribution in [1.29, 1.82) is 0 Å². The van der Waals surface area contributed by atoms with E-state index in [-0.39, 0.29) is 0 Å². The van der Waals surface area contributed by atoms with Crippen molar-refractivity contribution in [2.24, 2.45) is 4.99 Å². The van der Waals surface area contributed by atoms with Crippen LogP contribution in [0.25, 0.3) is 0 Å². The standard InChI is InChI=1S/C16H15BrN2S/c1-11-6-5-9-13(15(11)17)19-16-18-10-14(20-16)12-7-3-2-4-8-12/h2-9,14H,10H2,1H3,(H,18,19). The second kappa shape index (κ2) is 6.02. The van der Waals surface area contributed by atoms with Gasteiger partial charge in [0.1, 0.15) is 0 Å². The van der Waals surface area contributed by atoms with Crippen LogP contribution in [0.2, 0.25) is 0 Å². The number of nitrogens with zero attached hydrogens (tertiary/aromatic N) is 1. The number of aryl methyl sites for hydroxylation is 1. The summed E-state index contributed by atoms with van der Waals surface area (Å²) in [6, 6.07) is 16.8. The fourth-order valence-corrected chi connectivity index (χ4v) is 3.54. The first-order valence-electron chi connectivity index (χ1n) is 6.52. The quantitative estimate of drug-likeness (QED) is 0.825. The molecule has 1 unspecified atom stereocenters. The molecule has 2 nitrogen and oxygen atoms in total. The maximum Gasteiger partial charge on any atom is 0.161 e. The molecule has 0 spiro atoms. The molecule has 0 radical (unpaired) electrons. The van der Waals surface area contributed by atoms with E-state index in [1.165, 1.54) is 11.1 Å². The van der Waals surface area contributed by atoms with Crippen molar-refractivity contribution in [3.05, 3.63) is 64.1 Å². The van der Waals surface area contributed by atoms with E-state index in [9.17, 15) is 0 Å². The highest BCUT2D eigenvalue weighted by Gasteiger charge is 2.21. The van der Waals surface area contributed by atoms with Gasteiger partial charge in [0.05, 0.1) is 17.5 Å². The van der Waals surface area contributed by atoms with E-state index in [2.05, 4.69) is 75.6 Å². The SMILES string of the molecule is Cc1cccc(NC2=NCC(c3ccccc3)S2)c1Br. The van der Waals surface area contributed by atoms with Gasteiger partial charge in [0, 0.05) is 4.47 Å². The fourth-order valence-electron chi connectivity index (χ4n) is 2.14. The molecular weight excluding hydrogens is 332 g/mol. The first-order valence-corrected chi connectivity index (χ1v) is 8.19. The van der Waals surface area contributed by atoms with Gasteiger partial charge in [0.25, 0.3) is 0 Å². The first-order chi connectivity index (χ1) is 9.74. The second-order valence-electron chi connectivity index (χ2n) is 4.72. The van der Waals surface area contributed by atoms with Gasteiger partial charge in [0.2, 0.25) is 0 Å². The van der Waals surface area contributed by atoms with Crippen molar-refractivity contribution in [2.75, 3.05) is 11.9 Å². The van der Waals surface area contributed by atoms with Crippen molar-refractivity contribution >= 4 is 38.5 Å². The topological polar surface area (TPSA) is 24.4 Å². The molecule has 102 valence electrons. The average Bonchev–Trinajstić information content (AvgIpc) is 2.93. The fraction of sp³-hybridized carbons (Fsp3) is 0.188. The molecule has 0 saturated heterocycles. The Balaban J connectivity index is 1.70. The average molecular weight is 347 g/mol. The van der Waals surface area contributed by atoms with Gasteiger partial charge < -0.3 is 5.32 Å². The second-order valence-corrected chi connectivity index (χ2v) is 6.71. The van der Waals surface area contributed by atoms with Crippen molar-refractivity contribution < 1.29 is 0 Å². The summed E-state index contributed by atoms with van der Waals surface area (Å²) >= 11 is 5.41. The highest BCUT2D eigenvalue weighted by Crippen LogP contribution is 2.36. The van der Waals surface area contributed by atoms with Crippen LogP contribution in [-0.4, -0.2) is 11.7 Å². The molecule has 2 aromatic carbocycles. The summed E-state index contributed by atoms with van der Waals surface area (Å²) in [5.74, 6) is 0. The molecule has 0 amide bonds. The van der Waals surface area contributed by atoms with E-state index in [0.29, 0.717) is 5.25 Å². The van der Waals surface area contributed by atoms with Gasteiger partial charge in [-0.3, -0.25) is 4.99 Å². The van der Waals surface area contributed by atoms with Crippen LogP contribution in [0.3, 0.4) is 0 Å². The number of hydrogen-bond acceptors (Lipinski definition) is 3. The molecule has 3 rings (SSSR count). The van der Waals surface area contributed by atoms with E-state index >= 15 is 0 Å². The predicted octanol–water partition coefficient (Wildman–Crippen LogP) is 5.01. The molecule has 0 saturated carbocycles. The monoisotopic (exact) mass is 346 g/mol. The van der Waals surface area contributed by atoms with Gasteiger partial charge in [-0.15, -0.1) is 0 Å². The molecule has 0 fully saturated rings. The number of aliphatic imine (C=N–C) groups is 1. The maximum absolute atomic E-state index is 4.61. The lowest BCUT2D eigenvalue weighted by atomic mass is 10.1. The van der Waals surface area contributed by atoms with Crippen LogP contribution in [0.15, 0.2) is 58.0 Å². The van der Waals surface area contributed by atoms with Gasteiger partial charge >= 0.3 is 0 Å². The molecule has 1 aliphatic heterocycles. The highest BCUT2D eigenvalue weighted by molar-refractivity contribution is 9.10. The van der Waals surface area contributed by atoms with Gasteiger partial charge in [-0.2, -0.15) is 0 Å². The molecule has 2 aromatic rings. The number of halogens is 1. The molecule has 1 aliphatic rings. The summed E-state index contributed by atoms with van der Waals surface area (Å²) in [6.07, 6.45) is 0. The van der Waals surface area contributed by atoms with E-state index in [1.54, 1.807) is 11.8 Å². The third kappa shape index (κ3) is 2.91. The van der Waals surface area contributed by atoms with Gasteiger partial charge in [-0.1, -0.05) is 54.2 Å². The van der Waals surface area contributed by atoms with E-state index in [1.807, 2.05) is 6.07 Å². The number of benzene rings is 2. The lowest BCUT2D eigenvalue weighted by Crippen LogP contribution is -2.06. The Labute approximate surface area is 131 Å². The zero-order valence-electron chi connectivity index (χ0n) is 11.1. The maximum atomic E-state index is 4.61. The Morgan fingerprint density at radius 1 is 1.15 bits per heavy atom. The minimum Gasteiger partial charge on any atom is -0.334 e. The smallest absolute Gasteiger partial charge is 0.161 e. The summed E-state index contributed by atoms with van der Waals surface area (Å²) in [6.45, 7) is 2.92. The molecule has 0 bridgehead atoms. The van der Waals surface area contributed by atoms with Crippen molar-refractivity contribution in [1.82, 2.24) is 0 Å². The van der Waals surface area contributed by atoms with Crippen LogP contribution in [0.5, 0.6) is 0 Å². The van der Waals surface area contributed by atoms with Crippen molar-refractivity contribution in [3.8, 4) is 0 Å². The normalized spacial score (nSPS) is 17.9. The number of rotatable bonds is 2. The highest BCUT2D eigenvalue weighted by atomic mass is 79.9. The molecule has 4 heteroatoms. The van der Waals surface area contributed by atoms with Crippen LogP contribution >= 0.6 is 27.7 Å². The molecule has 1 N–H and O–H groups in total. The number of amidine groups is 1. The lowest BCUT2D eigenvalue weighted by molar-refractivity contribution is 0.966. The van der Waals surface area contributed by atoms with Crippen molar-refractivity contribution in [3.63, 3.8) is 0 Å². The van der Waals surface area contributed by atoms with Crippen LogP contribution < -0.4 is 5.32 Å². The summed E-state index contributed by atoms with van der Waals surface area (Å²) in [4.78, 5) is 4.61. The number of nitrogens with one attached hydrogen (secondary N) is 1. The number of anilines is 1. The first kappa shape index (κ1) is 13.7. The van der Waals surface area contributed by atoms with Crippen LogP contribution in [-0.2, 0) is 0 Å². The third-order valence-corrected chi connectivity index (χ3v) is 5.47. The van der Waals surface area contributed by atoms with Crippen molar-refractivity contribution in [2.45, 2.75) is 12.2 Å². The van der Waals surface area contributed by atoms with Crippen LogP contribution in [0.1, 0.15) is 16.4 Å². The Morgan fingerprint density at radius 2 is 1.95 bits per heavy atom. The van der Waals surface area contributed by atoms with E-state index in [4.69, 9.17) is 0 Å². The number of thioether (sulfide) groups is 1. The Kier molecular flexibility index (Phi) is 4.13. The molecule has 0 aliphatic carbocycles. The Hall–Kier alpha value is -1.26. The summed E-state index contributed by atoms with van der Waals surface area (Å²) in [7, 11) is 0. The minimum absolute atomic E-state index is 0.419. The zero-order chi connectivity index (χ0) is 13.9. The van der Waals surface area contributed by atoms with E-state index in [0.717, 1.165) is 21.9 Å². The Bertz CT molecular complexity index is 640. The number of hydrogen-bond donors (Lipinski definition) is 1. The third-order valence-electron chi connectivity index (χ3n) is 3.26. The summed E-state index contributed by atoms with van der Waals surface area (Å²) < 4.78 is 1.10. The van der Waals surface area contributed by atoms with E-state index < -0.39 is 0 Å². The summed E-state index contributed by atoms with van der Waals surface area (Å²) in [5, 5.41) is 4.83. The largest absolute Gasteiger partial charge is 0.334 e. The lowest BCUT2D eigenvalue weighted by Gasteiger charge is -2.11. The predicted molar refractivity (Wildman–Crippen MR) is 91.6 cm³/mol. The zero-order valence-corrected chi connectivity index (χ0v) is 13.5. The van der Waals surface area contributed by atoms with Gasteiger partial charge in [0.15, 0.2) is 5.17 Å². The molecule has 1 atom stereocenters. The van der Waals surface area contributed by atoms with Crippen LogP contribution in [0, 0.1) is 6.92 Å². The minimum atomic E-state index is 0.419. The molecule has 1 heterocycles. The molecule has 20 heavy (non-hydrogen) atoms. The van der Waals surface area contributed by atoms with Gasteiger partial charge in [-0.25, -0.2) is 0 Å².